The van der Waals surface area contributed by atoms with Crippen molar-refractivity contribution >= 4 is 23.6 Å². The van der Waals surface area contributed by atoms with Crippen LogP contribution >= 0.6 is 11.8 Å². The Balaban J connectivity index is 2.49. The lowest BCUT2D eigenvalue weighted by atomic mass is 9.99. The first-order valence-electron chi connectivity index (χ1n) is 5.61. The van der Waals surface area contributed by atoms with Gasteiger partial charge in [0.2, 0.25) is 5.91 Å². The number of likely N-dealkylation sites (tertiary alicyclic amines) is 1. The van der Waals surface area contributed by atoms with Gasteiger partial charge in [-0.15, -0.1) is 11.8 Å². The molecule has 1 rings (SSSR count). The van der Waals surface area contributed by atoms with Crippen molar-refractivity contribution in [3.05, 3.63) is 0 Å². The van der Waals surface area contributed by atoms with Gasteiger partial charge < -0.3 is 10.0 Å². The van der Waals surface area contributed by atoms with E-state index in [9.17, 15) is 9.59 Å². The summed E-state index contributed by atoms with van der Waals surface area (Å²) >= 11 is 1.28. The predicted octanol–water partition coefficient (Wildman–Crippen LogP) is 1.10. The van der Waals surface area contributed by atoms with E-state index in [0.717, 1.165) is 19.3 Å². The number of piperidine rings is 1. The van der Waals surface area contributed by atoms with Crippen molar-refractivity contribution in [3.8, 4) is 6.07 Å². The van der Waals surface area contributed by atoms with Crippen molar-refractivity contribution in [3.63, 3.8) is 0 Å². The zero-order valence-corrected chi connectivity index (χ0v) is 10.4. The van der Waals surface area contributed by atoms with Crippen LogP contribution in [-0.4, -0.2) is 46.0 Å². The van der Waals surface area contributed by atoms with Gasteiger partial charge in [0.05, 0.1) is 24.0 Å². The summed E-state index contributed by atoms with van der Waals surface area (Å²) in [5.74, 6) is -0.345. The minimum atomic E-state index is -0.862. The molecule has 0 aromatic heterocycles. The second-order valence-corrected chi connectivity index (χ2v) is 4.97. The number of carboxylic acid groups (broad SMARTS) is 1. The van der Waals surface area contributed by atoms with Crippen molar-refractivity contribution in [2.24, 2.45) is 0 Å². The van der Waals surface area contributed by atoms with E-state index in [4.69, 9.17) is 10.4 Å². The topological polar surface area (TPSA) is 81.4 Å². The molecule has 0 aliphatic carbocycles. The maximum atomic E-state index is 11.9. The number of nitriles is 1. The molecule has 5 nitrogen and oxygen atoms in total. The quantitative estimate of drug-likeness (QED) is 0.745. The first-order chi connectivity index (χ1) is 8.15. The number of amides is 1. The number of carbonyl (C=O) groups is 2. The molecule has 6 heteroatoms. The van der Waals surface area contributed by atoms with E-state index in [1.54, 1.807) is 4.90 Å². The summed E-state index contributed by atoms with van der Waals surface area (Å²) in [5.41, 5.74) is 0. The average Bonchev–Trinajstić information content (AvgIpc) is 2.29. The molecular weight excluding hydrogens is 240 g/mol. The lowest BCUT2D eigenvalue weighted by Gasteiger charge is -2.34. The SMILES string of the molecule is N#CCSCC(=O)N1CCCCC1CC(=O)O. The van der Waals surface area contributed by atoms with Crippen LogP contribution in [0.4, 0.5) is 0 Å². The molecule has 0 radical (unpaired) electrons. The number of thioether (sulfide) groups is 1. The molecule has 0 bridgehead atoms. The van der Waals surface area contributed by atoms with Crippen molar-refractivity contribution in [1.29, 1.82) is 5.26 Å². The fraction of sp³-hybridized carbons (Fsp3) is 0.727. The largest absolute Gasteiger partial charge is 0.481 e. The number of carbonyl (C=O) groups excluding carboxylic acids is 1. The van der Waals surface area contributed by atoms with Crippen LogP contribution in [0.15, 0.2) is 0 Å². The summed E-state index contributed by atoms with van der Waals surface area (Å²) in [6.07, 6.45) is 2.70. The van der Waals surface area contributed by atoms with Gasteiger partial charge in [0.15, 0.2) is 0 Å². The van der Waals surface area contributed by atoms with Crippen molar-refractivity contribution < 1.29 is 14.7 Å². The Bertz CT molecular complexity index is 327. The number of hydrogen-bond donors (Lipinski definition) is 1. The van der Waals surface area contributed by atoms with Gasteiger partial charge in [0, 0.05) is 12.6 Å². The predicted molar refractivity (Wildman–Crippen MR) is 64.5 cm³/mol. The Hall–Kier alpha value is -1.22. The minimum Gasteiger partial charge on any atom is -0.481 e. The molecule has 1 unspecified atom stereocenters. The number of hydrogen-bond acceptors (Lipinski definition) is 4. The molecule has 94 valence electrons. The molecule has 1 aliphatic rings. The number of rotatable bonds is 5. The Morgan fingerprint density at radius 3 is 2.88 bits per heavy atom. The van der Waals surface area contributed by atoms with Crippen LogP contribution in [0.1, 0.15) is 25.7 Å². The molecule has 1 atom stereocenters. The Morgan fingerprint density at radius 1 is 1.47 bits per heavy atom. The molecule has 1 amide bonds. The van der Waals surface area contributed by atoms with E-state index in [-0.39, 0.29) is 24.1 Å². The van der Waals surface area contributed by atoms with Gasteiger partial charge in [-0.2, -0.15) is 5.26 Å². The normalized spacial score (nSPS) is 19.7. The summed E-state index contributed by atoms with van der Waals surface area (Å²) in [4.78, 5) is 24.2. The molecule has 0 spiro atoms. The third-order valence-corrected chi connectivity index (χ3v) is 3.53. The first-order valence-corrected chi connectivity index (χ1v) is 6.76. The van der Waals surface area contributed by atoms with E-state index in [0.29, 0.717) is 12.3 Å². The van der Waals surface area contributed by atoms with E-state index in [1.165, 1.54) is 11.8 Å². The third kappa shape index (κ3) is 4.65. The van der Waals surface area contributed by atoms with Gasteiger partial charge in [-0.25, -0.2) is 0 Å². The first kappa shape index (κ1) is 13.8. The van der Waals surface area contributed by atoms with Crippen LogP contribution in [0.2, 0.25) is 0 Å². The van der Waals surface area contributed by atoms with Crippen molar-refractivity contribution in [2.75, 3.05) is 18.1 Å². The summed E-state index contributed by atoms with van der Waals surface area (Å²) in [5, 5.41) is 17.2. The van der Waals surface area contributed by atoms with Crippen molar-refractivity contribution in [2.45, 2.75) is 31.7 Å². The Morgan fingerprint density at radius 2 is 2.24 bits per heavy atom. The number of carboxylic acids is 1. The minimum absolute atomic E-state index is 0.0225. The fourth-order valence-corrected chi connectivity index (χ4v) is 2.54. The monoisotopic (exact) mass is 256 g/mol. The van der Waals surface area contributed by atoms with Crippen LogP contribution in [-0.2, 0) is 9.59 Å². The van der Waals surface area contributed by atoms with Gasteiger partial charge in [-0.3, -0.25) is 9.59 Å². The summed E-state index contributed by atoms with van der Waals surface area (Å²) in [7, 11) is 0. The summed E-state index contributed by atoms with van der Waals surface area (Å²) in [6.45, 7) is 0.643. The summed E-state index contributed by atoms with van der Waals surface area (Å²) in [6, 6.07) is 1.80. The molecule has 0 saturated carbocycles. The lowest BCUT2D eigenvalue weighted by Crippen LogP contribution is -2.45. The maximum Gasteiger partial charge on any atom is 0.305 e. The van der Waals surface area contributed by atoms with Crippen LogP contribution in [0, 0.1) is 11.3 Å². The molecule has 1 saturated heterocycles. The smallest absolute Gasteiger partial charge is 0.305 e. The van der Waals surface area contributed by atoms with Crippen molar-refractivity contribution in [1.82, 2.24) is 4.90 Å². The Kier molecular flexibility index (Phi) is 5.84. The lowest BCUT2D eigenvalue weighted by molar-refractivity contribution is -0.141. The molecular formula is C11H16N2O3S. The van der Waals surface area contributed by atoms with Crippen LogP contribution < -0.4 is 0 Å². The van der Waals surface area contributed by atoms with Gasteiger partial charge in [-0.05, 0) is 19.3 Å². The standard InChI is InChI=1S/C11H16N2O3S/c12-4-6-17-8-10(14)13-5-2-1-3-9(13)7-11(15)16/h9H,1-3,5-8H2,(H,15,16). The highest BCUT2D eigenvalue weighted by atomic mass is 32.2. The summed E-state index contributed by atoms with van der Waals surface area (Å²) < 4.78 is 0. The van der Waals surface area contributed by atoms with Crippen LogP contribution in [0.5, 0.6) is 0 Å². The average molecular weight is 256 g/mol. The van der Waals surface area contributed by atoms with E-state index < -0.39 is 5.97 Å². The maximum absolute atomic E-state index is 11.9. The van der Waals surface area contributed by atoms with Gasteiger partial charge in [-0.1, -0.05) is 0 Å². The molecule has 17 heavy (non-hydrogen) atoms. The zero-order valence-electron chi connectivity index (χ0n) is 9.59. The fourth-order valence-electron chi connectivity index (χ4n) is 2.01. The Labute approximate surface area is 105 Å². The second-order valence-electron chi connectivity index (χ2n) is 3.99. The van der Waals surface area contributed by atoms with Gasteiger partial charge in [0.1, 0.15) is 0 Å². The molecule has 1 N–H and O–H groups in total. The molecule has 0 aromatic rings. The van der Waals surface area contributed by atoms with Crippen LogP contribution in [0.25, 0.3) is 0 Å². The number of aliphatic carboxylic acids is 1. The number of nitrogens with zero attached hydrogens (tertiary/aromatic N) is 2. The van der Waals surface area contributed by atoms with Gasteiger partial charge in [0.25, 0.3) is 0 Å². The van der Waals surface area contributed by atoms with Crippen LogP contribution in [0.3, 0.4) is 0 Å². The molecule has 1 aliphatic heterocycles. The van der Waals surface area contributed by atoms with E-state index in [2.05, 4.69) is 0 Å². The second kappa shape index (κ2) is 7.17. The third-order valence-electron chi connectivity index (χ3n) is 2.75. The highest BCUT2D eigenvalue weighted by Gasteiger charge is 2.27. The molecule has 0 aromatic carbocycles. The highest BCUT2D eigenvalue weighted by molar-refractivity contribution is 8.00. The van der Waals surface area contributed by atoms with E-state index >= 15 is 0 Å². The highest BCUT2D eigenvalue weighted by Crippen LogP contribution is 2.20. The van der Waals surface area contributed by atoms with Gasteiger partial charge >= 0.3 is 5.97 Å². The van der Waals surface area contributed by atoms with E-state index in [1.807, 2.05) is 6.07 Å². The molecule has 1 fully saturated rings. The zero-order chi connectivity index (χ0) is 12.7. The molecule has 1 heterocycles.